The first kappa shape index (κ1) is 7.72. The maximum absolute atomic E-state index is 12.7. The Kier molecular flexibility index (Phi) is 1.51. The van der Waals surface area contributed by atoms with Crippen LogP contribution in [0.3, 0.4) is 0 Å². The van der Waals surface area contributed by atoms with Gasteiger partial charge in [-0.05, 0) is 18.2 Å². The minimum atomic E-state index is -0.636. The number of aromatic nitrogens is 2. The standard InChI is InChI=1S/C8H5FN2O2/c9-4-1-2-5-6(3-4)10-8(13)11-7(5)12/h1-3H,(H2,10,11,12,13). The molecule has 2 aromatic rings. The molecule has 1 aromatic carbocycles. The average molecular weight is 180 g/mol. The van der Waals surface area contributed by atoms with Gasteiger partial charge in [-0.15, -0.1) is 0 Å². The smallest absolute Gasteiger partial charge is 0.307 e. The number of benzene rings is 1. The van der Waals surface area contributed by atoms with Gasteiger partial charge in [0.05, 0.1) is 10.9 Å². The van der Waals surface area contributed by atoms with Gasteiger partial charge in [-0.2, -0.15) is 0 Å². The summed E-state index contributed by atoms with van der Waals surface area (Å²) in [5.74, 6) is -0.492. The highest BCUT2D eigenvalue weighted by atomic mass is 19.1. The summed E-state index contributed by atoms with van der Waals surface area (Å²) in [4.78, 5) is 26.3. The van der Waals surface area contributed by atoms with E-state index < -0.39 is 17.1 Å². The van der Waals surface area contributed by atoms with Crippen LogP contribution in [0.1, 0.15) is 0 Å². The van der Waals surface area contributed by atoms with Crippen molar-refractivity contribution in [2.24, 2.45) is 0 Å². The fourth-order valence-corrected chi connectivity index (χ4v) is 1.14. The fourth-order valence-electron chi connectivity index (χ4n) is 1.14. The van der Waals surface area contributed by atoms with Gasteiger partial charge in [0.1, 0.15) is 5.82 Å². The zero-order chi connectivity index (χ0) is 9.42. The average Bonchev–Trinajstić information content (AvgIpc) is 2.02. The molecule has 0 aliphatic carbocycles. The highest BCUT2D eigenvalue weighted by Crippen LogP contribution is 2.06. The van der Waals surface area contributed by atoms with E-state index in [1.807, 2.05) is 4.98 Å². The van der Waals surface area contributed by atoms with E-state index in [1.54, 1.807) is 0 Å². The van der Waals surface area contributed by atoms with Crippen molar-refractivity contribution in [2.45, 2.75) is 0 Å². The van der Waals surface area contributed by atoms with Gasteiger partial charge in [-0.25, -0.2) is 9.18 Å². The molecule has 2 rings (SSSR count). The third kappa shape index (κ3) is 1.24. The quantitative estimate of drug-likeness (QED) is 0.614. The number of nitrogens with one attached hydrogen (secondary N) is 2. The Morgan fingerprint density at radius 2 is 1.92 bits per heavy atom. The Morgan fingerprint density at radius 3 is 2.69 bits per heavy atom. The molecule has 0 unspecified atom stereocenters. The molecule has 0 atom stereocenters. The minimum Gasteiger partial charge on any atom is -0.307 e. The summed E-state index contributed by atoms with van der Waals surface area (Å²) < 4.78 is 12.7. The van der Waals surface area contributed by atoms with Gasteiger partial charge < -0.3 is 4.98 Å². The van der Waals surface area contributed by atoms with Crippen molar-refractivity contribution >= 4 is 10.9 Å². The zero-order valence-corrected chi connectivity index (χ0v) is 6.43. The molecule has 4 nitrogen and oxygen atoms in total. The van der Waals surface area contributed by atoms with E-state index in [4.69, 9.17) is 0 Å². The summed E-state index contributed by atoms with van der Waals surface area (Å²) in [5.41, 5.74) is -0.949. The molecule has 0 aliphatic rings. The molecule has 0 bridgehead atoms. The lowest BCUT2D eigenvalue weighted by atomic mass is 10.2. The van der Waals surface area contributed by atoms with Crippen molar-refractivity contribution in [1.29, 1.82) is 0 Å². The molecule has 0 saturated carbocycles. The van der Waals surface area contributed by atoms with Crippen molar-refractivity contribution in [1.82, 2.24) is 9.97 Å². The van der Waals surface area contributed by atoms with E-state index in [-0.39, 0.29) is 10.9 Å². The van der Waals surface area contributed by atoms with E-state index in [0.717, 1.165) is 12.1 Å². The molecule has 1 heterocycles. The molecule has 2 N–H and O–H groups in total. The largest absolute Gasteiger partial charge is 0.326 e. The van der Waals surface area contributed by atoms with E-state index in [2.05, 4.69) is 4.98 Å². The molecule has 0 amide bonds. The number of hydrogen-bond acceptors (Lipinski definition) is 2. The zero-order valence-electron chi connectivity index (χ0n) is 6.43. The number of halogens is 1. The van der Waals surface area contributed by atoms with Crippen LogP contribution < -0.4 is 11.2 Å². The summed E-state index contributed by atoms with van der Waals surface area (Å²) in [5, 5.41) is 0.265. The Hall–Kier alpha value is -1.91. The van der Waals surface area contributed by atoms with Crippen molar-refractivity contribution in [3.8, 4) is 0 Å². The maximum Gasteiger partial charge on any atom is 0.326 e. The molecule has 0 spiro atoms. The Bertz CT molecular complexity index is 570. The summed E-state index contributed by atoms with van der Waals surface area (Å²) in [7, 11) is 0. The van der Waals surface area contributed by atoms with Crippen LogP contribution in [0.25, 0.3) is 10.9 Å². The number of hydrogen-bond donors (Lipinski definition) is 2. The van der Waals surface area contributed by atoms with Crippen LogP contribution in [-0.4, -0.2) is 9.97 Å². The summed E-state index contributed by atoms with van der Waals surface area (Å²) in [6.07, 6.45) is 0. The predicted octanol–water partition coefficient (Wildman–Crippen LogP) is 0.356. The van der Waals surface area contributed by atoms with Gasteiger partial charge in [0, 0.05) is 0 Å². The lowest BCUT2D eigenvalue weighted by Gasteiger charge is -1.94. The normalized spacial score (nSPS) is 10.5. The molecule has 0 radical (unpaired) electrons. The summed E-state index contributed by atoms with van der Waals surface area (Å²) in [6, 6.07) is 3.58. The number of rotatable bonds is 0. The molecule has 5 heteroatoms. The van der Waals surface area contributed by atoms with E-state index in [9.17, 15) is 14.0 Å². The van der Waals surface area contributed by atoms with Crippen LogP contribution in [0.4, 0.5) is 4.39 Å². The Balaban J connectivity index is 3.03. The number of aromatic amines is 2. The lowest BCUT2D eigenvalue weighted by molar-refractivity contribution is 0.629. The lowest BCUT2D eigenvalue weighted by Crippen LogP contribution is -2.21. The van der Waals surface area contributed by atoms with Crippen LogP contribution in [-0.2, 0) is 0 Å². The van der Waals surface area contributed by atoms with Crippen LogP contribution in [0.15, 0.2) is 27.8 Å². The second kappa shape index (κ2) is 2.55. The Labute approximate surface area is 71.0 Å². The molecule has 1 aromatic heterocycles. The van der Waals surface area contributed by atoms with Crippen LogP contribution in [0.2, 0.25) is 0 Å². The summed E-state index contributed by atoms with van der Waals surface area (Å²) in [6.45, 7) is 0. The molecule has 0 aliphatic heterocycles. The van der Waals surface area contributed by atoms with Crippen molar-refractivity contribution < 1.29 is 4.39 Å². The van der Waals surface area contributed by atoms with Gasteiger partial charge in [0.25, 0.3) is 5.56 Å². The monoisotopic (exact) mass is 180 g/mol. The van der Waals surface area contributed by atoms with E-state index in [1.165, 1.54) is 6.07 Å². The SMILES string of the molecule is O=c1[nH]c(=O)c2ccc(F)cc2[nH]1. The second-order valence-electron chi connectivity index (χ2n) is 2.60. The van der Waals surface area contributed by atoms with Gasteiger partial charge >= 0.3 is 5.69 Å². The predicted molar refractivity (Wildman–Crippen MR) is 45.1 cm³/mol. The third-order valence-corrected chi connectivity index (χ3v) is 1.70. The molecular weight excluding hydrogens is 175 g/mol. The van der Waals surface area contributed by atoms with Crippen molar-refractivity contribution in [3.63, 3.8) is 0 Å². The molecular formula is C8H5FN2O2. The first-order valence-corrected chi connectivity index (χ1v) is 3.59. The maximum atomic E-state index is 12.7. The van der Waals surface area contributed by atoms with Gasteiger partial charge in [0.2, 0.25) is 0 Å². The molecule has 13 heavy (non-hydrogen) atoms. The number of fused-ring (bicyclic) bond motifs is 1. The topological polar surface area (TPSA) is 65.7 Å². The second-order valence-corrected chi connectivity index (χ2v) is 2.60. The van der Waals surface area contributed by atoms with Crippen LogP contribution in [0.5, 0.6) is 0 Å². The van der Waals surface area contributed by atoms with Gasteiger partial charge in [-0.1, -0.05) is 0 Å². The highest BCUT2D eigenvalue weighted by Gasteiger charge is 2.00. The highest BCUT2D eigenvalue weighted by molar-refractivity contribution is 5.76. The van der Waals surface area contributed by atoms with Crippen molar-refractivity contribution in [2.75, 3.05) is 0 Å². The van der Waals surface area contributed by atoms with Crippen LogP contribution in [0, 0.1) is 5.82 Å². The van der Waals surface area contributed by atoms with E-state index >= 15 is 0 Å². The first-order chi connectivity index (χ1) is 6.16. The fraction of sp³-hybridized carbons (Fsp3) is 0. The summed E-state index contributed by atoms with van der Waals surface area (Å²) >= 11 is 0. The van der Waals surface area contributed by atoms with E-state index in [0.29, 0.717) is 0 Å². The minimum absolute atomic E-state index is 0.203. The van der Waals surface area contributed by atoms with Crippen LogP contribution >= 0.6 is 0 Å². The van der Waals surface area contributed by atoms with Gasteiger partial charge in [0.15, 0.2) is 0 Å². The first-order valence-electron chi connectivity index (χ1n) is 3.59. The number of H-pyrrole nitrogens is 2. The van der Waals surface area contributed by atoms with Crippen molar-refractivity contribution in [3.05, 3.63) is 44.9 Å². The third-order valence-electron chi connectivity index (χ3n) is 1.70. The Morgan fingerprint density at radius 1 is 1.15 bits per heavy atom. The van der Waals surface area contributed by atoms with Gasteiger partial charge in [-0.3, -0.25) is 9.78 Å². The molecule has 0 saturated heterocycles. The molecule has 0 fully saturated rings. The molecule has 66 valence electrons.